The lowest BCUT2D eigenvalue weighted by Gasteiger charge is -2.25. The number of carbonyl (C=O) groups is 1. The fraction of sp³-hybridized carbons (Fsp3) is 0.231. The third-order valence-electron chi connectivity index (χ3n) is 4.99. The molecule has 31 heavy (non-hydrogen) atoms. The van der Waals surface area contributed by atoms with Gasteiger partial charge in [-0.1, -0.05) is 48.0 Å². The fourth-order valence-corrected chi connectivity index (χ4v) is 3.14. The molecule has 5 nitrogen and oxygen atoms in total. The Labute approximate surface area is 184 Å². The van der Waals surface area contributed by atoms with Gasteiger partial charge in [-0.2, -0.15) is 0 Å². The van der Waals surface area contributed by atoms with Crippen LogP contribution in [0.4, 0.5) is 0 Å². The van der Waals surface area contributed by atoms with Crippen molar-refractivity contribution in [2.24, 2.45) is 0 Å². The predicted molar refractivity (Wildman–Crippen MR) is 125 cm³/mol. The van der Waals surface area contributed by atoms with Crippen LogP contribution >= 0.6 is 0 Å². The van der Waals surface area contributed by atoms with Gasteiger partial charge in [-0.05, 0) is 56.4 Å². The van der Waals surface area contributed by atoms with Gasteiger partial charge in [-0.25, -0.2) is 0 Å². The molecule has 1 aromatic heterocycles. The Morgan fingerprint density at radius 1 is 1.10 bits per heavy atom. The molecule has 3 rings (SSSR count). The lowest BCUT2D eigenvalue weighted by molar-refractivity contribution is -0.116. The first-order chi connectivity index (χ1) is 15.0. The van der Waals surface area contributed by atoms with Crippen LogP contribution in [0, 0.1) is 6.92 Å². The van der Waals surface area contributed by atoms with Gasteiger partial charge in [0.2, 0.25) is 5.91 Å². The number of aryl methyl sites for hydroxylation is 1. The lowest BCUT2D eigenvalue weighted by Crippen LogP contribution is -2.33. The SMILES string of the molecule is Cc1ccc(C(CNC(=O)/C=C/c2ccc(OCc3cccnc3)cc2)N(C)C)cc1. The molecular formula is C26H29N3O2. The molecule has 0 saturated carbocycles. The van der Waals surface area contributed by atoms with Gasteiger partial charge in [0.05, 0.1) is 6.04 Å². The minimum atomic E-state index is -0.115. The van der Waals surface area contributed by atoms with E-state index in [9.17, 15) is 4.79 Å². The van der Waals surface area contributed by atoms with Crippen LogP contribution in [0.1, 0.15) is 28.3 Å². The van der Waals surface area contributed by atoms with E-state index in [1.54, 1.807) is 24.5 Å². The van der Waals surface area contributed by atoms with E-state index in [-0.39, 0.29) is 11.9 Å². The highest BCUT2D eigenvalue weighted by atomic mass is 16.5. The minimum absolute atomic E-state index is 0.115. The summed E-state index contributed by atoms with van der Waals surface area (Å²) in [6, 6.07) is 20.0. The van der Waals surface area contributed by atoms with Crippen LogP contribution in [0.15, 0.2) is 79.1 Å². The van der Waals surface area contributed by atoms with Crippen LogP contribution in [0.3, 0.4) is 0 Å². The van der Waals surface area contributed by atoms with Gasteiger partial charge in [-0.15, -0.1) is 0 Å². The monoisotopic (exact) mass is 415 g/mol. The summed E-state index contributed by atoms with van der Waals surface area (Å²) in [6.07, 6.45) is 6.89. The largest absolute Gasteiger partial charge is 0.489 e. The fourth-order valence-electron chi connectivity index (χ4n) is 3.14. The van der Waals surface area contributed by atoms with E-state index in [0.29, 0.717) is 13.2 Å². The number of likely N-dealkylation sites (N-methyl/N-ethyl adjacent to an activating group) is 1. The van der Waals surface area contributed by atoms with Gasteiger partial charge in [0.15, 0.2) is 0 Å². The van der Waals surface area contributed by atoms with E-state index in [1.807, 2.05) is 50.5 Å². The van der Waals surface area contributed by atoms with Gasteiger partial charge in [-0.3, -0.25) is 9.78 Å². The smallest absolute Gasteiger partial charge is 0.244 e. The van der Waals surface area contributed by atoms with Gasteiger partial charge in [0, 0.05) is 30.6 Å². The zero-order valence-electron chi connectivity index (χ0n) is 18.3. The normalized spacial score (nSPS) is 12.1. The number of nitrogens with one attached hydrogen (secondary N) is 1. The number of pyridine rings is 1. The highest BCUT2D eigenvalue weighted by Gasteiger charge is 2.14. The first-order valence-electron chi connectivity index (χ1n) is 10.3. The van der Waals surface area contributed by atoms with Crippen LogP contribution in [0.2, 0.25) is 0 Å². The maximum Gasteiger partial charge on any atom is 0.244 e. The number of ether oxygens (including phenoxy) is 1. The molecule has 1 atom stereocenters. The topological polar surface area (TPSA) is 54.5 Å². The predicted octanol–water partition coefficient (Wildman–Crippen LogP) is 4.40. The van der Waals surface area contributed by atoms with Crippen molar-refractivity contribution < 1.29 is 9.53 Å². The zero-order valence-corrected chi connectivity index (χ0v) is 18.3. The highest BCUT2D eigenvalue weighted by molar-refractivity contribution is 5.91. The Kier molecular flexibility index (Phi) is 7.96. The Hall–Kier alpha value is -3.44. The molecule has 1 unspecified atom stereocenters. The standard InChI is InChI=1S/C26H29N3O2/c1-20-6-11-23(12-7-20)25(29(2)3)18-28-26(30)15-10-21-8-13-24(14-9-21)31-19-22-5-4-16-27-17-22/h4-17,25H,18-19H2,1-3H3,(H,28,30)/b15-10+. The van der Waals surface area contributed by atoms with Gasteiger partial charge < -0.3 is 15.0 Å². The van der Waals surface area contributed by atoms with E-state index in [2.05, 4.69) is 46.4 Å². The number of nitrogens with zero attached hydrogens (tertiary/aromatic N) is 2. The second kappa shape index (κ2) is 11.1. The van der Waals surface area contributed by atoms with E-state index >= 15 is 0 Å². The molecule has 0 bridgehead atoms. The maximum atomic E-state index is 12.3. The molecule has 0 saturated heterocycles. The number of rotatable bonds is 9. The summed E-state index contributed by atoms with van der Waals surface area (Å²) < 4.78 is 5.76. The number of hydrogen-bond acceptors (Lipinski definition) is 4. The Balaban J connectivity index is 1.50. The molecule has 0 fully saturated rings. The molecule has 2 aromatic carbocycles. The zero-order chi connectivity index (χ0) is 22.1. The van der Waals surface area contributed by atoms with Crippen molar-refractivity contribution in [1.82, 2.24) is 15.2 Å². The van der Waals surface area contributed by atoms with Crippen LogP contribution < -0.4 is 10.1 Å². The van der Waals surface area contributed by atoms with E-state index < -0.39 is 0 Å². The highest BCUT2D eigenvalue weighted by Crippen LogP contribution is 2.18. The Morgan fingerprint density at radius 2 is 1.84 bits per heavy atom. The third kappa shape index (κ3) is 7.08. The van der Waals surface area contributed by atoms with Gasteiger partial charge in [0.25, 0.3) is 0 Å². The first kappa shape index (κ1) is 22.2. The van der Waals surface area contributed by atoms with Gasteiger partial charge in [0.1, 0.15) is 12.4 Å². The summed E-state index contributed by atoms with van der Waals surface area (Å²) in [7, 11) is 4.04. The number of carbonyl (C=O) groups excluding carboxylic acids is 1. The van der Waals surface area contributed by atoms with Crippen molar-refractivity contribution in [3.05, 3.63) is 101 Å². The molecule has 3 aromatic rings. The van der Waals surface area contributed by atoms with E-state index in [4.69, 9.17) is 4.74 Å². The van der Waals surface area contributed by atoms with Crippen LogP contribution in [0.25, 0.3) is 6.08 Å². The molecular weight excluding hydrogens is 386 g/mol. The molecule has 1 amide bonds. The average molecular weight is 416 g/mol. The summed E-state index contributed by atoms with van der Waals surface area (Å²) in [6.45, 7) is 3.08. The first-order valence-corrected chi connectivity index (χ1v) is 10.3. The Bertz CT molecular complexity index is 981. The summed E-state index contributed by atoms with van der Waals surface area (Å²) >= 11 is 0. The third-order valence-corrected chi connectivity index (χ3v) is 4.99. The molecule has 1 N–H and O–H groups in total. The van der Waals surface area contributed by atoms with Gasteiger partial charge >= 0.3 is 0 Å². The molecule has 0 spiro atoms. The van der Waals surface area contributed by atoms with Crippen molar-refractivity contribution in [2.45, 2.75) is 19.6 Å². The molecule has 160 valence electrons. The number of amides is 1. The van der Waals surface area contributed by atoms with Crippen molar-refractivity contribution in [1.29, 1.82) is 0 Å². The number of benzene rings is 2. The quantitative estimate of drug-likeness (QED) is 0.526. The van der Waals surface area contributed by atoms with Crippen LogP contribution in [0.5, 0.6) is 5.75 Å². The summed E-state index contributed by atoms with van der Waals surface area (Å²) in [4.78, 5) is 18.5. The molecule has 0 aliphatic carbocycles. The lowest BCUT2D eigenvalue weighted by atomic mass is 10.0. The summed E-state index contributed by atoms with van der Waals surface area (Å²) in [5, 5.41) is 3.00. The van der Waals surface area contributed by atoms with Crippen LogP contribution in [-0.2, 0) is 11.4 Å². The van der Waals surface area contributed by atoms with Crippen molar-refractivity contribution in [2.75, 3.05) is 20.6 Å². The molecule has 0 aliphatic rings. The van der Waals surface area contributed by atoms with Crippen molar-refractivity contribution in [3.8, 4) is 5.75 Å². The van der Waals surface area contributed by atoms with E-state index in [0.717, 1.165) is 16.9 Å². The minimum Gasteiger partial charge on any atom is -0.489 e. The average Bonchev–Trinajstić information content (AvgIpc) is 2.79. The summed E-state index contributed by atoms with van der Waals surface area (Å²) in [5.41, 5.74) is 4.36. The summed E-state index contributed by atoms with van der Waals surface area (Å²) in [5.74, 6) is 0.660. The van der Waals surface area contributed by atoms with Crippen molar-refractivity contribution >= 4 is 12.0 Å². The molecule has 1 heterocycles. The maximum absolute atomic E-state index is 12.3. The van der Waals surface area contributed by atoms with Crippen LogP contribution in [-0.4, -0.2) is 36.4 Å². The molecule has 0 aliphatic heterocycles. The van der Waals surface area contributed by atoms with Crippen molar-refractivity contribution in [3.63, 3.8) is 0 Å². The second-order valence-corrected chi connectivity index (χ2v) is 7.69. The Morgan fingerprint density at radius 3 is 2.48 bits per heavy atom. The second-order valence-electron chi connectivity index (χ2n) is 7.69. The number of hydrogen-bond donors (Lipinski definition) is 1. The molecule has 0 radical (unpaired) electrons. The molecule has 5 heteroatoms. The van der Waals surface area contributed by atoms with E-state index in [1.165, 1.54) is 11.1 Å². The number of aromatic nitrogens is 1.